The molecule has 21 heavy (non-hydrogen) atoms. The van der Waals surface area contributed by atoms with Crippen LogP contribution in [0.2, 0.25) is 5.02 Å². The van der Waals surface area contributed by atoms with Gasteiger partial charge < -0.3 is 10.2 Å². The second-order valence-corrected chi connectivity index (χ2v) is 5.09. The average molecular weight is 308 g/mol. The molecule has 3 nitrogen and oxygen atoms in total. The summed E-state index contributed by atoms with van der Waals surface area (Å²) in [6, 6.07) is 8.70. The Labute approximate surface area is 129 Å². The number of hydrogen-bond acceptors (Lipinski definition) is 3. The molecule has 5 heteroatoms. The van der Waals surface area contributed by atoms with Crippen molar-refractivity contribution in [3.05, 3.63) is 52.9 Å². The standard InChI is InChI=1S/C16H19ClFN3/c1-3-21(4-2)16-8-6-13(11-20-16)19-10-12-5-7-15(18)14(17)9-12/h5-9,11,19H,3-4,10H2,1-2H3. The normalized spacial score (nSPS) is 10.5. The van der Waals surface area contributed by atoms with E-state index in [1.807, 2.05) is 12.1 Å². The lowest BCUT2D eigenvalue weighted by Gasteiger charge is -2.19. The first-order valence-corrected chi connectivity index (χ1v) is 7.40. The van der Waals surface area contributed by atoms with Crippen LogP contribution in [-0.4, -0.2) is 18.1 Å². The lowest BCUT2D eigenvalue weighted by molar-refractivity contribution is 0.627. The highest BCUT2D eigenvalue weighted by Crippen LogP contribution is 2.18. The van der Waals surface area contributed by atoms with E-state index < -0.39 is 5.82 Å². The smallest absolute Gasteiger partial charge is 0.141 e. The molecule has 0 amide bonds. The molecule has 0 atom stereocenters. The third-order valence-corrected chi connectivity index (χ3v) is 3.61. The van der Waals surface area contributed by atoms with Gasteiger partial charge in [-0.1, -0.05) is 17.7 Å². The van der Waals surface area contributed by atoms with E-state index in [4.69, 9.17) is 11.6 Å². The molecule has 0 radical (unpaired) electrons. The minimum atomic E-state index is -0.398. The molecule has 0 aliphatic heterocycles. The molecule has 0 aliphatic carbocycles. The van der Waals surface area contributed by atoms with E-state index in [2.05, 4.69) is 29.0 Å². The molecule has 2 rings (SSSR count). The van der Waals surface area contributed by atoms with Crippen LogP contribution in [0.3, 0.4) is 0 Å². The summed E-state index contributed by atoms with van der Waals surface area (Å²) >= 11 is 5.76. The highest BCUT2D eigenvalue weighted by molar-refractivity contribution is 6.30. The van der Waals surface area contributed by atoms with Crippen LogP contribution in [0.1, 0.15) is 19.4 Å². The van der Waals surface area contributed by atoms with Gasteiger partial charge in [0.1, 0.15) is 11.6 Å². The quantitative estimate of drug-likeness (QED) is 0.861. The van der Waals surface area contributed by atoms with E-state index in [-0.39, 0.29) is 5.02 Å². The summed E-state index contributed by atoms with van der Waals surface area (Å²) in [6.07, 6.45) is 1.80. The predicted octanol–water partition coefficient (Wildman–Crippen LogP) is 4.33. The number of nitrogens with one attached hydrogen (secondary N) is 1. The second-order valence-electron chi connectivity index (χ2n) is 4.68. The zero-order chi connectivity index (χ0) is 15.2. The Morgan fingerprint density at radius 1 is 1.19 bits per heavy atom. The van der Waals surface area contributed by atoms with Crippen molar-refractivity contribution in [2.75, 3.05) is 23.3 Å². The minimum Gasteiger partial charge on any atom is -0.380 e. The lowest BCUT2D eigenvalue weighted by atomic mass is 10.2. The second kappa shape index (κ2) is 7.27. The Bertz CT molecular complexity index is 583. The summed E-state index contributed by atoms with van der Waals surface area (Å²) in [5, 5.41) is 3.39. The van der Waals surface area contributed by atoms with Gasteiger partial charge in [0.25, 0.3) is 0 Å². The Morgan fingerprint density at radius 3 is 2.52 bits per heavy atom. The van der Waals surface area contributed by atoms with Crippen molar-refractivity contribution in [1.29, 1.82) is 0 Å². The van der Waals surface area contributed by atoms with Gasteiger partial charge >= 0.3 is 0 Å². The highest BCUT2D eigenvalue weighted by atomic mass is 35.5. The molecule has 2 aromatic rings. The number of halogens is 2. The third-order valence-electron chi connectivity index (χ3n) is 3.32. The van der Waals surface area contributed by atoms with Crippen LogP contribution in [0.5, 0.6) is 0 Å². The van der Waals surface area contributed by atoms with Gasteiger partial charge in [0, 0.05) is 19.6 Å². The summed E-state index contributed by atoms with van der Waals surface area (Å²) in [6.45, 7) is 6.66. The molecule has 0 unspecified atom stereocenters. The zero-order valence-corrected chi connectivity index (χ0v) is 13.0. The largest absolute Gasteiger partial charge is 0.380 e. The maximum atomic E-state index is 13.1. The third kappa shape index (κ3) is 4.08. The molecule has 0 saturated carbocycles. The molecular weight excluding hydrogens is 289 g/mol. The van der Waals surface area contributed by atoms with Crippen LogP contribution in [0.4, 0.5) is 15.9 Å². The molecule has 1 aromatic heterocycles. The van der Waals surface area contributed by atoms with E-state index in [0.717, 1.165) is 30.2 Å². The van der Waals surface area contributed by atoms with Gasteiger partial charge in [0.2, 0.25) is 0 Å². The van der Waals surface area contributed by atoms with Crippen LogP contribution < -0.4 is 10.2 Å². The molecule has 112 valence electrons. The molecular formula is C16H19ClFN3. The van der Waals surface area contributed by atoms with Crippen LogP contribution in [-0.2, 0) is 6.54 Å². The number of pyridine rings is 1. The maximum absolute atomic E-state index is 13.1. The van der Waals surface area contributed by atoms with Gasteiger partial charge in [-0.3, -0.25) is 0 Å². The number of aromatic nitrogens is 1. The fourth-order valence-electron chi connectivity index (χ4n) is 2.08. The van der Waals surface area contributed by atoms with Gasteiger partial charge in [0.05, 0.1) is 16.9 Å². The molecule has 0 saturated heterocycles. The first kappa shape index (κ1) is 15.6. The number of nitrogens with zero attached hydrogens (tertiary/aromatic N) is 2. The Kier molecular flexibility index (Phi) is 5.39. The van der Waals surface area contributed by atoms with Crippen molar-refractivity contribution in [2.24, 2.45) is 0 Å². The molecule has 0 aliphatic rings. The molecule has 0 bridgehead atoms. The number of rotatable bonds is 6. The highest BCUT2D eigenvalue weighted by Gasteiger charge is 2.04. The number of anilines is 2. The molecule has 1 heterocycles. The Hall–Kier alpha value is -1.81. The van der Waals surface area contributed by atoms with Gasteiger partial charge in [-0.15, -0.1) is 0 Å². The van der Waals surface area contributed by atoms with Crippen molar-refractivity contribution in [1.82, 2.24) is 4.98 Å². The first-order chi connectivity index (χ1) is 10.1. The van der Waals surface area contributed by atoms with Crippen LogP contribution in [0, 0.1) is 5.82 Å². The number of hydrogen-bond donors (Lipinski definition) is 1. The SMILES string of the molecule is CCN(CC)c1ccc(NCc2ccc(F)c(Cl)c2)cn1. The van der Waals surface area contributed by atoms with Gasteiger partial charge in [-0.05, 0) is 43.7 Å². The number of benzene rings is 1. The summed E-state index contributed by atoms with van der Waals surface area (Å²) in [4.78, 5) is 6.63. The van der Waals surface area contributed by atoms with E-state index in [9.17, 15) is 4.39 Å². The van der Waals surface area contributed by atoms with Crippen LogP contribution >= 0.6 is 11.6 Å². The van der Waals surface area contributed by atoms with E-state index in [1.54, 1.807) is 18.3 Å². The van der Waals surface area contributed by atoms with Crippen LogP contribution in [0.15, 0.2) is 36.5 Å². The minimum absolute atomic E-state index is 0.143. The molecule has 1 N–H and O–H groups in total. The topological polar surface area (TPSA) is 28.2 Å². The monoisotopic (exact) mass is 307 g/mol. The van der Waals surface area contributed by atoms with Gasteiger partial charge in [-0.2, -0.15) is 0 Å². The summed E-state index contributed by atoms with van der Waals surface area (Å²) in [7, 11) is 0. The maximum Gasteiger partial charge on any atom is 0.141 e. The van der Waals surface area contributed by atoms with E-state index >= 15 is 0 Å². The average Bonchev–Trinajstić information content (AvgIpc) is 2.51. The molecule has 0 spiro atoms. The van der Waals surface area contributed by atoms with Crippen molar-refractivity contribution >= 4 is 23.1 Å². The first-order valence-electron chi connectivity index (χ1n) is 7.02. The zero-order valence-electron chi connectivity index (χ0n) is 12.2. The Morgan fingerprint density at radius 2 is 1.95 bits per heavy atom. The van der Waals surface area contributed by atoms with Crippen molar-refractivity contribution in [3.8, 4) is 0 Å². The van der Waals surface area contributed by atoms with Crippen molar-refractivity contribution < 1.29 is 4.39 Å². The summed E-state index contributed by atoms with van der Waals surface area (Å²) in [5.74, 6) is 0.570. The predicted molar refractivity (Wildman–Crippen MR) is 86.5 cm³/mol. The van der Waals surface area contributed by atoms with Gasteiger partial charge in [0.15, 0.2) is 0 Å². The van der Waals surface area contributed by atoms with Gasteiger partial charge in [-0.25, -0.2) is 9.37 Å². The Balaban J connectivity index is 1.98. The van der Waals surface area contributed by atoms with E-state index in [0.29, 0.717) is 6.54 Å². The summed E-state index contributed by atoms with van der Waals surface area (Å²) < 4.78 is 13.1. The van der Waals surface area contributed by atoms with Crippen molar-refractivity contribution in [2.45, 2.75) is 20.4 Å². The van der Waals surface area contributed by atoms with Crippen LogP contribution in [0.25, 0.3) is 0 Å². The fraction of sp³-hybridized carbons (Fsp3) is 0.312. The fourth-order valence-corrected chi connectivity index (χ4v) is 2.28. The van der Waals surface area contributed by atoms with E-state index in [1.165, 1.54) is 6.07 Å². The molecule has 1 aromatic carbocycles. The summed E-state index contributed by atoms with van der Waals surface area (Å²) in [5.41, 5.74) is 1.85. The van der Waals surface area contributed by atoms with Crippen molar-refractivity contribution in [3.63, 3.8) is 0 Å². The lowest BCUT2D eigenvalue weighted by Crippen LogP contribution is -2.22. The molecule has 0 fully saturated rings.